The summed E-state index contributed by atoms with van der Waals surface area (Å²) in [5.74, 6) is -1.25. The molecule has 5 nitrogen and oxygen atoms in total. The highest BCUT2D eigenvalue weighted by Gasteiger charge is 2.38. The van der Waals surface area contributed by atoms with Crippen LogP contribution in [0.5, 0.6) is 0 Å². The van der Waals surface area contributed by atoms with Gasteiger partial charge in [-0.25, -0.2) is 4.98 Å². The van der Waals surface area contributed by atoms with E-state index < -0.39 is 46.6 Å². The minimum atomic E-state index is -5.13. The molecule has 1 amide bonds. The second-order valence-electron chi connectivity index (χ2n) is 10.4. The van der Waals surface area contributed by atoms with Crippen LogP contribution in [0.2, 0.25) is 5.02 Å². The number of hydrogen-bond acceptors (Lipinski definition) is 3. The van der Waals surface area contributed by atoms with E-state index >= 15 is 0 Å². The predicted octanol–water partition coefficient (Wildman–Crippen LogP) is 8.24. The number of halogens is 7. The Labute approximate surface area is 242 Å². The van der Waals surface area contributed by atoms with Crippen LogP contribution in [0, 0.1) is 12.8 Å². The van der Waals surface area contributed by atoms with Gasteiger partial charge in [-0.15, -0.1) is 0 Å². The van der Waals surface area contributed by atoms with E-state index in [-0.39, 0.29) is 29.7 Å². The number of hydrogen-bond donors (Lipinski definition) is 0. The lowest BCUT2D eigenvalue weighted by atomic mass is 10.0. The first kappa shape index (κ1) is 31.1. The molecule has 0 fully saturated rings. The van der Waals surface area contributed by atoms with E-state index in [0.29, 0.717) is 33.9 Å². The zero-order valence-corrected chi connectivity index (χ0v) is 23.7. The lowest BCUT2D eigenvalue weighted by Gasteiger charge is -2.32. The van der Waals surface area contributed by atoms with Crippen molar-refractivity contribution in [1.29, 1.82) is 0 Å². The molecule has 0 aliphatic heterocycles. The largest absolute Gasteiger partial charge is 0.416 e. The quantitative estimate of drug-likeness (QED) is 0.207. The first-order valence-electron chi connectivity index (χ1n) is 12.9. The lowest BCUT2D eigenvalue weighted by Crippen LogP contribution is -2.39. The van der Waals surface area contributed by atoms with Crippen molar-refractivity contribution < 1.29 is 31.1 Å². The lowest BCUT2D eigenvalue weighted by molar-refractivity contribution is -0.143. The molecule has 0 saturated carbocycles. The number of carbonyl (C=O) groups is 1. The highest BCUT2D eigenvalue weighted by Crippen LogP contribution is 2.37. The predicted molar refractivity (Wildman–Crippen MR) is 148 cm³/mol. The van der Waals surface area contributed by atoms with Gasteiger partial charge in [0.15, 0.2) is 0 Å². The number of aromatic nitrogens is 2. The van der Waals surface area contributed by atoms with Crippen LogP contribution in [-0.4, -0.2) is 26.9 Å². The van der Waals surface area contributed by atoms with Gasteiger partial charge in [-0.2, -0.15) is 26.3 Å². The molecule has 0 N–H and O–H groups in total. The highest BCUT2D eigenvalue weighted by atomic mass is 35.5. The molecular weight excluding hydrogens is 584 g/mol. The van der Waals surface area contributed by atoms with Gasteiger partial charge in [0.2, 0.25) is 0 Å². The van der Waals surface area contributed by atoms with Gasteiger partial charge in [0.05, 0.1) is 33.8 Å². The van der Waals surface area contributed by atoms with Crippen molar-refractivity contribution in [2.24, 2.45) is 5.92 Å². The number of alkyl halides is 6. The summed E-state index contributed by atoms with van der Waals surface area (Å²) in [6, 6.07) is 11.0. The fourth-order valence-corrected chi connectivity index (χ4v) is 4.95. The summed E-state index contributed by atoms with van der Waals surface area (Å²) in [4.78, 5) is 33.4. The Balaban J connectivity index is 1.96. The Bertz CT molecular complexity index is 1680. The Morgan fingerprint density at radius 3 is 2.07 bits per heavy atom. The highest BCUT2D eigenvalue weighted by molar-refractivity contribution is 6.30. The van der Waals surface area contributed by atoms with Gasteiger partial charge < -0.3 is 4.90 Å². The minimum Gasteiger partial charge on any atom is -0.328 e. The summed E-state index contributed by atoms with van der Waals surface area (Å²) < 4.78 is 82.8. The fourth-order valence-electron chi connectivity index (χ4n) is 4.73. The Hall–Kier alpha value is -3.86. The van der Waals surface area contributed by atoms with Crippen LogP contribution < -0.4 is 5.56 Å². The zero-order chi connectivity index (χ0) is 31.1. The molecule has 1 aromatic heterocycles. The molecule has 0 spiro atoms. The number of benzene rings is 3. The standard InChI is InChI=1S/C30H26ClF6N3O2/c1-16(2)15-39(27(41)19-12-20(29(32,33)34)14-21(13-19)30(35,36)37)18(4)26-38-24-8-6-5-7-23(24)28(42)40(26)25-10-9-22(31)11-17(25)3/h5-14,16,18H,15H2,1-4H3. The van der Waals surface area contributed by atoms with E-state index in [4.69, 9.17) is 11.6 Å². The van der Waals surface area contributed by atoms with Gasteiger partial charge in [0, 0.05) is 17.1 Å². The minimum absolute atomic E-state index is 0.0289. The summed E-state index contributed by atoms with van der Waals surface area (Å²) >= 11 is 6.13. The molecule has 12 heteroatoms. The number of aryl methyl sites for hydroxylation is 1. The van der Waals surface area contributed by atoms with E-state index in [0.717, 1.165) is 4.90 Å². The third-order valence-electron chi connectivity index (χ3n) is 6.70. The topological polar surface area (TPSA) is 55.2 Å². The normalized spacial score (nSPS) is 13.0. The molecule has 1 atom stereocenters. The molecule has 4 rings (SSSR count). The van der Waals surface area contributed by atoms with E-state index in [1.807, 2.05) is 0 Å². The summed E-state index contributed by atoms with van der Waals surface area (Å²) in [6.07, 6.45) is -10.3. The van der Waals surface area contributed by atoms with Gasteiger partial charge in [-0.1, -0.05) is 37.6 Å². The van der Waals surface area contributed by atoms with Crippen LogP contribution in [0.25, 0.3) is 16.6 Å². The number of rotatable bonds is 6. The molecule has 0 bridgehead atoms. The van der Waals surface area contributed by atoms with Crippen LogP contribution >= 0.6 is 11.6 Å². The summed E-state index contributed by atoms with van der Waals surface area (Å²) in [6.45, 7) is 6.67. The van der Waals surface area contributed by atoms with Gasteiger partial charge >= 0.3 is 12.4 Å². The van der Waals surface area contributed by atoms with Crippen molar-refractivity contribution in [1.82, 2.24) is 14.5 Å². The maximum Gasteiger partial charge on any atom is 0.416 e. The molecule has 0 aliphatic rings. The van der Waals surface area contributed by atoms with Crippen molar-refractivity contribution >= 4 is 28.4 Å². The molecule has 4 aromatic rings. The monoisotopic (exact) mass is 609 g/mol. The average Bonchev–Trinajstić information content (AvgIpc) is 2.90. The number of carbonyl (C=O) groups excluding carboxylic acids is 1. The number of nitrogens with zero attached hydrogens (tertiary/aromatic N) is 3. The summed E-state index contributed by atoms with van der Waals surface area (Å²) in [5, 5.41) is 0.687. The molecule has 222 valence electrons. The van der Waals surface area contributed by atoms with E-state index in [9.17, 15) is 35.9 Å². The maximum atomic E-state index is 13.8. The first-order chi connectivity index (χ1) is 19.5. The van der Waals surface area contributed by atoms with Crippen LogP contribution in [-0.2, 0) is 12.4 Å². The van der Waals surface area contributed by atoms with Crippen molar-refractivity contribution in [3.05, 3.63) is 104 Å². The van der Waals surface area contributed by atoms with Gasteiger partial charge in [-0.05, 0) is 73.9 Å². The molecule has 1 unspecified atom stereocenters. The van der Waals surface area contributed by atoms with Gasteiger partial charge in [-0.3, -0.25) is 14.2 Å². The smallest absolute Gasteiger partial charge is 0.328 e. The van der Waals surface area contributed by atoms with E-state index in [2.05, 4.69) is 4.98 Å². The Morgan fingerprint density at radius 2 is 1.52 bits per heavy atom. The number of fused-ring (bicyclic) bond motifs is 1. The maximum absolute atomic E-state index is 13.8. The molecule has 1 heterocycles. The molecule has 42 heavy (non-hydrogen) atoms. The van der Waals surface area contributed by atoms with Crippen LogP contribution in [0.1, 0.15) is 59.7 Å². The van der Waals surface area contributed by atoms with Crippen LogP contribution in [0.3, 0.4) is 0 Å². The fraction of sp³-hybridized carbons (Fsp3) is 0.300. The second kappa shape index (κ2) is 11.4. The molecule has 3 aromatic carbocycles. The summed E-state index contributed by atoms with van der Waals surface area (Å²) in [5.41, 5.74) is -3.15. The third kappa shape index (κ3) is 6.30. The van der Waals surface area contributed by atoms with E-state index in [1.54, 1.807) is 63.2 Å². The number of amides is 1. The second-order valence-corrected chi connectivity index (χ2v) is 10.8. The third-order valence-corrected chi connectivity index (χ3v) is 6.93. The molecular formula is C30H26ClF6N3O2. The Morgan fingerprint density at radius 1 is 0.929 bits per heavy atom. The van der Waals surface area contributed by atoms with E-state index in [1.165, 1.54) is 11.5 Å². The molecule has 0 aliphatic carbocycles. The molecule has 0 saturated heterocycles. The van der Waals surface area contributed by atoms with Gasteiger partial charge in [0.25, 0.3) is 11.5 Å². The SMILES string of the molecule is Cc1cc(Cl)ccc1-n1c(C(C)N(CC(C)C)C(=O)c2cc(C(F)(F)F)cc(C(F)(F)F)c2)nc2ccccc2c1=O. The number of para-hydroxylation sites is 1. The van der Waals surface area contributed by atoms with Crippen LogP contribution in [0.4, 0.5) is 26.3 Å². The van der Waals surface area contributed by atoms with Crippen molar-refractivity contribution in [2.75, 3.05) is 6.54 Å². The van der Waals surface area contributed by atoms with Crippen molar-refractivity contribution in [3.63, 3.8) is 0 Å². The van der Waals surface area contributed by atoms with Gasteiger partial charge in [0.1, 0.15) is 5.82 Å². The van der Waals surface area contributed by atoms with Crippen molar-refractivity contribution in [3.8, 4) is 5.69 Å². The molecule has 0 radical (unpaired) electrons. The van der Waals surface area contributed by atoms with Crippen LogP contribution in [0.15, 0.2) is 65.5 Å². The first-order valence-corrected chi connectivity index (χ1v) is 13.3. The summed E-state index contributed by atoms with van der Waals surface area (Å²) in [7, 11) is 0. The Kier molecular flexibility index (Phi) is 8.46. The van der Waals surface area contributed by atoms with Crippen molar-refractivity contribution in [2.45, 2.75) is 46.1 Å². The zero-order valence-electron chi connectivity index (χ0n) is 22.9. The average molecular weight is 610 g/mol.